The van der Waals surface area contributed by atoms with Crippen LogP contribution in [0.1, 0.15) is 6.42 Å². The van der Waals surface area contributed by atoms with E-state index in [9.17, 15) is 0 Å². The van der Waals surface area contributed by atoms with Crippen molar-refractivity contribution in [3.8, 4) is 0 Å². The van der Waals surface area contributed by atoms with Crippen LogP contribution in [0, 0.1) is 0 Å². The van der Waals surface area contributed by atoms with Gasteiger partial charge in [-0.15, -0.1) is 12.4 Å². The van der Waals surface area contributed by atoms with E-state index in [0.29, 0.717) is 0 Å². The predicted molar refractivity (Wildman–Crippen MR) is 53.5 cm³/mol. The minimum Gasteiger partial charge on any atom is -0.147 e. The van der Waals surface area contributed by atoms with Gasteiger partial charge in [0.2, 0.25) is 0 Å². The van der Waals surface area contributed by atoms with Gasteiger partial charge in [0, 0.05) is 0 Å². The first-order valence-corrected chi connectivity index (χ1v) is 9.52. The zero-order valence-corrected chi connectivity index (χ0v) is 12.0. The Morgan fingerprint density at radius 2 is 2.08 bits per heavy atom. The standard InChI is InChI=1S/C5H5.C3H9OSi.ClH.Zr/c1-2-4-5-3-1;1-5(2,3)4;;/h1-3H,4H2;1-3H3;1H;/q;-1;;+1. The largest absolute Gasteiger partial charge is 0.147 e. The summed E-state index contributed by atoms with van der Waals surface area (Å²) in [7, 11) is -1.22. The van der Waals surface area contributed by atoms with Crippen molar-refractivity contribution < 1.29 is 26.2 Å². The molecule has 0 heterocycles. The molecule has 0 unspecified atom stereocenters. The van der Waals surface area contributed by atoms with Crippen LogP contribution in [0.25, 0.3) is 0 Å². The summed E-state index contributed by atoms with van der Waals surface area (Å²) in [6.07, 6.45) is 7.75. The van der Waals surface area contributed by atoms with Crippen LogP contribution in [0.15, 0.2) is 21.5 Å². The quantitative estimate of drug-likeness (QED) is 0.723. The van der Waals surface area contributed by atoms with Crippen molar-refractivity contribution >= 4 is 20.7 Å². The van der Waals surface area contributed by atoms with E-state index in [1.54, 1.807) is 3.28 Å². The molecule has 0 aromatic rings. The van der Waals surface area contributed by atoms with Crippen LogP contribution in [0.4, 0.5) is 0 Å². The molecule has 0 aliphatic heterocycles. The molecule has 0 aromatic heterocycles. The normalized spacial score (nSPS) is 15.4. The van der Waals surface area contributed by atoms with Crippen LogP contribution in [0.3, 0.4) is 0 Å². The van der Waals surface area contributed by atoms with E-state index in [1.807, 2.05) is 0 Å². The van der Waals surface area contributed by atoms with Crippen molar-refractivity contribution in [3.05, 3.63) is 21.5 Å². The molecule has 0 spiro atoms. The zero-order valence-electron chi connectivity index (χ0n) is 7.76. The molecule has 1 rings (SSSR count). The summed E-state index contributed by atoms with van der Waals surface area (Å²) in [6.45, 7) is 6.78. The summed E-state index contributed by atoms with van der Waals surface area (Å²) < 4.78 is 7.49. The molecule has 1 aliphatic carbocycles. The molecule has 0 atom stereocenters. The van der Waals surface area contributed by atoms with Gasteiger partial charge >= 0.3 is 82.1 Å². The number of hydrogen-bond acceptors (Lipinski definition) is 1. The van der Waals surface area contributed by atoms with E-state index >= 15 is 0 Å². The Hall–Kier alpha value is 0.830. The van der Waals surface area contributed by atoms with Crippen LogP contribution in [-0.4, -0.2) is 8.32 Å². The molecular formula is C8H15ClOSiZr. The van der Waals surface area contributed by atoms with Gasteiger partial charge in [0.05, 0.1) is 0 Å². The topological polar surface area (TPSA) is 9.23 Å². The Labute approximate surface area is 94.0 Å². The van der Waals surface area contributed by atoms with E-state index in [1.165, 1.54) is 0 Å². The second-order valence-corrected chi connectivity index (χ2v) is 11.7. The summed E-state index contributed by atoms with van der Waals surface area (Å²) in [5.41, 5.74) is 0. The fourth-order valence-corrected chi connectivity index (χ4v) is 5.30. The fraction of sp³-hybridized carbons (Fsp3) is 0.500. The number of hydrogen-bond donors (Lipinski definition) is 0. The SMILES string of the molecule is C[Si](C)(C)[O][Zr][C]1=CC=CC1.Cl. The number of rotatable bonds is 3. The van der Waals surface area contributed by atoms with E-state index in [4.69, 9.17) is 2.50 Å². The third kappa shape index (κ3) is 5.47. The number of allylic oxidation sites excluding steroid dienone is 4. The van der Waals surface area contributed by atoms with Gasteiger partial charge in [0.25, 0.3) is 0 Å². The van der Waals surface area contributed by atoms with E-state index < -0.39 is 32.0 Å². The minimum atomic E-state index is -1.22. The summed E-state index contributed by atoms with van der Waals surface area (Å²) in [4.78, 5) is 0. The maximum absolute atomic E-state index is 5.91. The summed E-state index contributed by atoms with van der Waals surface area (Å²) in [5, 5.41) is 0. The van der Waals surface area contributed by atoms with Crippen LogP contribution in [0.5, 0.6) is 0 Å². The Bertz CT molecular complexity index is 196. The van der Waals surface area contributed by atoms with Gasteiger partial charge in [-0.2, -0.15) is 0 Å². The smallest absolute Gasteiger partial charge is 0.147 e. The maximum atomic E-state index is 5.91. The Morgan fingerprint density at radius 1 is 1.42 bits per heavy atom. The molecule has 1 aliphatic rings. The van der Waals surface area contributed by atoms with Gasteiger partial charge in [-0.25, -0.2) is 0 Å². The number of halogens is 1. The molecule has 0 saturated heterocycles. The molecule has 0 aromatic carbocycles. The molecule has 0 radical (unpaired) electrons. The minimum absolute atomic E-state index is 0. The molecule has 0 N–H and O–H groups in total. The Kier molecular flexibility index (Phi) is 5.92. The van der Waals surface area contributed by atoms with E-state index in [2.05, 4.69) is 37.9 Å². The summed E-state index contributed by atoms with van der Waals surface area (Å²) in [5.74, 6) is 0. The van der Waals surface area contributed by atoms with Crippen LogP contribution in [-0.2, 0) is 26.2 Å². The molecule has 68 valence electrons. The first kappa shape index (κ1) is 12.8. The van der Waals surface area contributed by atoms with Gasteiger partial charge in [0.15, 0.2) is 0 Å². The van der Waals surface area contributed by atoms with Gasteiger partial charge < -0.3 is 0 Å². The van der Waals surface area contributed by atoms with E-state index in [0.717, 1.165) is 6.42 Å². The van der Waals surface area contributed by atoms with Crippen LogP contribution < -0.4 is 0 Å². The predicted octanol–water partition coefficient (Wildman–Crippen LogP) is 3.10. The van der Waals surface area contributed by atoms with Crippen LogP contribution in [0.2, 0.25) is 19.6 Å². The van der Waals surface area contributed by atoms with E-state index in [-0.39, 0.29) is 12.4 Å². The average molecular weight is 282 g/mol. The van der Waals surface area contributed by atoms with Gasteiger partial charge in [-0.05, 0) is 0 Å². The first-order chi connectivity index (χ1) is 5.08. The average Bonchev–Trinajstić information content (AvgIpc) is 2.32. The van der Waals surface area contributed by atoms with Crippen molar-refractivity contribution in [2.24, 2.45) is 0 Å². The molecular weight excluding hydrogens is 267 g/mol. The van der Waals surface area contributed by atoms with Gasteiger partial charge in [0.1, 0.15) is 0 Å². The molecule has 4 heteroatoms. The van der Waals surface area contributed by atoms with Crippen molar-refractivity contribution in [2.45, 2.75) is 26.1 Å². The maximum Gasteiger partial charge on any atom is -0.147 e. The zero-order chi connectivity index (χ0) is 8.32. The summed E-state index contributed by atoms with van der Waals surface area (Å²) >= 11 is -0.623. The second kappa shape index (κ2) is 5.54. The molecule has 1 nitrogen and oxygen atoms in total. The third-order valence-corrected chi connectivity index (χ3v) is 8.80. The van der Waals surface area contributed by atoms with Gasteiger partial charge in [-0.3, -0.25) is 0 Å². The van der Waals surface area contributed by atoms with Crippen LogP contribution >= 0.6 is 12.4 Å². The molecule has 0 fully saturated rings. The van der Waals surface area contributed by atoms with Crippen molar-refractivity contribution in [1.29, 1.82) is 0 Å². The first-order valence-electron chi connectivity index (χ1n) is 3.88. The van der Waals surface area contributed by atoms with Crippen molar-refractivity contribution in [3.63, 3.8) is 0 Å². The fourth-order valence-electron chi connectivity index (χ4n) is 0.742. The second-order valence-electron chi connectivity index (χ2n) is 3.64. The summed E-state index contributed by atoms with van der Waals surface area (Å²) in [6, 6.07) is 0. The van der Waals surface area contributed by atoms with Crippen molar-refractivity contribution in [1.82, 2.24) is 0 Å². The molecule has 0 amide bonds. The van der Waals surface area contributed by atoms with Gasteiger partial charge in [-0.1, -0.05) is 0 Å². The Morgan fingerprint density at radius 3 is 2.50 bits per heavy atom. The molecule has 12 heavy (non-hydrogen) atoms. The molecule has 0 saturated carbocycles. The Balaban J connectivity index is 0.00000121. The van der Waals surface area contributed by atoms with Crippen molar-refractivity contribution in [2.75, 3.05) is 0 Å². The molecule has 0 bridgehead atoms. The monoisotopic (exact) mass is 280 g/mol. The third-order valence-electron chi connectivity index (χ3n) is 1.26.